The van der Waals surface area contributed by atoms with Crippen LogP contribution in [-0.4, -0.2) is 36.1 Å². The van der Waals surface area contributed by atoms with Crippen LogP contribution < -0.4 is 16.0 Å². The third-order valence-electron chi connectivity index (χ3n) is 4.17. The molecular weight excluding hydrogens is 302 g/mol. The molecule has 0 unspecified atom stereocenters. The molecule has 1 aromatic carbocycles. The average Bonchev–Trinajstić information content (AvgIpc) is 3.11. The number of nitrogen functional groups attached to an aromatic ring is 1. The molecule has 7 heteroatoms. The van der Waals surface area contributed by atoms with E-state index in [0.717, 1.165) is 36.3 Å². The standard InChI is InChI=1S/C15H16ClN5O/c1-18-9-4-5-21(7-9)14-13-12(19-15(17)20-14)10-6-8(16)2-3-11(10)22-13/h2-3,6,9,18H,4-5,7H2,1H3,(H2,17,19,20)/t9-/m0/s1. The summed E-state index contributed by atoms with van der Waals surface area (Å²) in [4.78, 5) is 10.9. The fourth-order valence-electron chi connectivity index (χ4n) is 3.02. The number of rotatable bonds is 2. The fourth-order valence-corrected chi connectivity index (χ4v) is 3.19. The van der Waals surface area contributed by atoms with E-state index in [2.05, 4.69) is 20.2 Å². The minimum Gasteiger partial charge on any atom is -0.450 e. The molecule has 1 aliphatic rings. The summed E-state index contributed by atoms with van der Waals surface area (Å²) in [6.07, 6.45) is 1.06. The normalized spacial score (nSPS) is 18.6. The molecular formula is C15H16ClN5O. The zero-order valence-corrected chi connectivity index (χ0v) is 12.9. The van der Waals surface area contributed by atoms with Crippen molar-refractivity contribution in [2.45, 2.75) is 12.5 Å². The molecule has 3 N–H and O–H groups in total. The highest BCUT2D eigenvalue weighted by Crippen LogP contribution is 2.35. The van der Waals surface area contributed by atoms with Crippen molar-refractivity contribution in [1.29, 1.82) is 0 Å². The number of likely N-dealkylation sites (N-methyl/N-ethyl adjacent to an activating group) is 1. The van der Waals surface area contributed by atoms with Gasteiger partial charge in [-0.05, 0) is 31.7 Å². The number of anilines is 2. The zero-order chi connectivity index (χ0) is 15.3. The number of nitrogens with one attached hydrogen (secondary N) is 1. The summed E-state index contributed by atoms with van der Waals surface area (Å²) in [5.41, 5.74) is 8.03. The smallest absolute Gasteiger partial charge is 0.222 e. The third-order valence-corrected chi connectivity index (χ3v) is 4.40. The van der Waals surface area contributed by atoms with Crippen LogP contribution in [0, 0.1) is 0 Å². The largest absolute Gasteiger partial charge is 0.450 e. The van der Waals surface area contributed by atoms with Crippen LogP contribution in [0.4, 0.5) is 11.8 Å². The van der Waals surface area contributed by atoms with Crippen LogP contribution in [0.1, 0.15) is 6.42 Å². The predicted molar refractivity (Wildman–Crippen MR) is 88.4 cm³/mol. The average molecular weight is 318 g/mol. The number of furan rings is 1. The Balaban J connectivity index is 1.93. The minimum atomic E-state index is 0.248. The Morgan fingerprint density at radius 1 is 1.41 bits per heavy atom. The van der Waals surface area contributed by atoms with Gasteiger partial charge in [0.1, 0.15) is 11.1 Å². The molecule has 0 radical (unpaired) electrons. The Hall–Kier alpha value is -2.05. The van der Waals surface area contributed by atoms with Gasteiger partial charge in [-0.15, -0.1) is 0 Å². The van der Waals surface area contributed by atoms with E-state index in [4.69, 9.17) is 21.8 Å². The second-order valence-electron chi connectivity index (χ2n) is 5.55. The highest BCUT2D eigenvalue weighted by atomic mass is 35.5. The molecule has 1 aliphatic heterocycles. The molecule has 22 heavy (non-hydrogen) atoms. The number of nitrogens with two attached hydrogens (primary N) is 1. The highest BCUT2D eigenvalue weighted by molar-refractivity contribution is 6.31. The molecule has 1 fully saturated rings. The molecule has 0 bridgehead atoms. The first kappa shape index (κ1) is 13.6. The Bertz CT molecular complexity index is 862. The van der Waals surface area contributed by atoms with Crippen LogP contribution in [0.15, 0.2) is 22.6 Å². The maximum atomic E-state index is 6.09. The molecule has 1 saturated heterocycles. The minimum absolute atomic E-state index is 0.248. The Morgan fingerprint density at radius 3 is 3.05 bits per heavy atom. The van der Waals surface area contributed by atoms with Crippen molar-refractivity contribution >= 4 is 45.4 Å². The third kappa shape index (κ3) is 2.07. The van der Waals surface area contributed by atoms with E-state index in [9.17, 15) is 0 Å². The molecule has 4 rings (SSSR count). The lowest BCUT2D eigenvalue weighted by atomic mass is 10.2. The molecule has 1 atom stereocenters. The van der Waals surface area contributed by atoms with Gasteiger partial charge in [-0.1, -0.05) is 11.6 Å². The summed E-state index contributed by atoms with van der Waals surface area (Å²) in [6, 6.07) is 5.94. The molecule has 3 aromatic rings. The second-order valence-corrected chi connectivity index (χ2v) is 5.98. The van der Waals surface area contributed by atoms with E-state index < -0.39 is 0 Å². The van der Waals surface area contributed by atoms with Gasteiger partial charge in [0.05, 0.1) is 0 Å². The Kier molecular flexibility index (Phi) is 3.09. The van der Waals surface area contributed by atoms with E-state index in [1.165, 1.54) is 0 Å². The van der Waals surface area contributed by atoms with Crippen LogP contribution in [-0.2, 0) is 0 Å². The lowest BCUT2D eigenvalue weighted by Crippen LogP contribution is -2.30. The van der Waals surface area contributed by atoms with Gasteiger partial charge in [0, 0.05) is 29.5 Å². The quantitative estimate of drug-likeness (QED) is 0.755. The summed E-state index contributed by atoms with van der Waals surface area (Å²) in [7, 11) is 1.97. The highest BCUT2D eigenvalue weighted by Gasteiger charge is 2.26. The molecule has 0 aliphatic carbocycles. The van der Waals surface area contributed by atoms with Crippen molar-refractivity contribution in [1.82, 2.24) is 15.3 Å². The number of aromatic nitrogens is 2. The van der Waals surface area contributed by atoms with Crippen LogP contribution in [0.3, 0.4) is 0 Å². The van der Waals surface area contributed by atoms with Gasteiger partial charge in [-0.2, -0.15) is 4.98 Å². The first-order chi connectivity index (χ1) is 10.7. The zero-order valence-electron chi connectivity index (χ0n) is 12.1. The van der Waals surface area contributed by atoms with Gasteiger partial charge in [-0.3, -0.25) is 0 Å². The summed E-state index contributed by atoms with van der Waals surface area (Å²) in [6.45, 7) is 1.79. The van der Waals surface area contributed by atoms with Crippen molar-refractivity contribution < 1.29 is 4.42 Å². The van der Waals surface area contributed by atoms with Gasteiger partial charge < -0.3 is 20.4 Å². The summed E-state index contributed by atoms with van der Waals surface area (Å²) in [5.74, 6) is 1.01. The van der Waals surface area contributed by atoms with E-state index in [1.54, 1.807) is 6.07 Å². The lowest BCUT2D eigenvalue weighted by molar-refractivity contribution is 0.615. The Morgan fingerprint density at radius 2 is 2.27 bits per heavy atom. The molecule has 0 amide bonds. The molecule has 2 aromatic heterocycles. The van der Waals surface area contributed by atoms with Crippen molar-refractivity contribution in [3.05, 3.63) is 23.2 Å². The van der Waals surface area contributed by atoms with Crippen LogP contribution in [0.2, 0.25) is 5.02 Å². The topological polar surface area (TPSA) is 80.2 Å². The number of benzene rings is 1. The number of hydrogen-bond acceptors (Lipinski definition) is 6. The van der Waals surface area contributed by atoms with Crippen molar-refractivity contribution in [3.8, 4) is 0 Å². The predicted octanol–water partition coefficient (Wildman–Crippen LogP) is 2.41. The number of halogens is 1. The van der Waals surface area contributed by atoms with Crippen LogP contribution >= 0.6 is 11.6 Å². The maximum Gasteiger partial charge on any atom is 0.222 e. The van der Waals surface area contributed by atoms with Gasteiger partial charge in [0.25, 0.3) is 0 Å². The number of fused-ring (bicyclic) bond motifs is 3. The molecule has 114 valence electrons. The van der Waals surface area contributed by atoms with Gasteiger partial charge in [0.15, 0.2) is 11.4 Å². The SMILES string of the molecule is CN[C@H]1CCN(c2nc(N)nc3c2oc2ccc(Cl)cc23)C1. The van der Waals surface area contributed by atoms with Crippen LogP contribution in [0.5, 0.6) is 0 Å². The summed E-state index contributed by atoms with van der Waals surface area (Å²) in [5, 5.41) is 4.80. The maximum absolute atomic E-state index is 6.09. The fraction of sp³-hybridized carbons (Fsp3) is 0.333. The Labute approximate surface area is 132 Å². The first-order valence-corrected chi connectivity index (χ1v) is 7.61. The number of hydrogen-bond donors (Lipinski definition) is 2. The van der Waals surface area contributed by atoms with Gasteiger partial charge >= 0.3 is 0 Å². The van der Waals surface area contributed by atoms with Crippen molar-refractivity contribution in [2.75, 3.05) is 30.8 Å². The summed E-state index contributed by atoms with van der Waals surface area (Å²) < 4.78 is 5.97. The first-order valence-electron chi connectivity index (χ1n) is 7.23. The lowest BCUT2D eigenvalue weighted by Gasteiger charge is -2.17. The van der Waals surface area contributed by atoms with E-state index in [1.807, 2.05) is 19.2 Å². The summed E-state index contributed by atoms with van der Waals surface area (Å²) >= 11 is 6.09. The van der Waals surface area contributed by atoms with Crippen molar-refractivity contribution in [2.24, 2.45) is 0 Å². The van der Waals surface area contributed by atoms with E-state index in [0.29, 0.717) is 22.2 Å². The molecule has 3 heterocycles. The van der Waals surface area contributed by atoms with Gasteiger partial charge in [0.2, 0.25) is 5.95 Å². The molecule has 0 spiro atoms. The van der Waals surface area contributed by atoms with E-state index >= 15 is 0 Å². The number of nitrogens with zero attached hydrogens (tertiary/aromatic N) is 3. The second kappa shape index (κ2) is 5.00. The monoisotopic (exact) mass is 317 g/mol. The van der Waals surface area contributed by atoms with Gasteiger partial charge in [-0.25, -0.2) is 4.98 Å². The van der Waals surface area contributed by atoms with E-state index in [-0.39, 0.29) is 5.95 Å². The molecule has 0 saturated carbocycles. The van der Waals surface area contributed by atoms with Crippen molar-refractivity contribution in [3.63, 3.8) is 0 Å². The van der Waals surface area contributed by atoms with Crippen LogP contribution in [0.25, 0.3) is 22.1 Å². The molecule has 6 nitrogen and oxygen atoms in total.